The Labute approximate surface area is 108 Å². The zero-order valence-electron chi connectivity index (χ0n) is 11.0. The summed E-state index contributed by atoms with van der Waals surface area (Å²) in [6.45, 7) is 5.18. The van der Waals surface area contributed by atoms with Crippen molar-refractivity contribution < 1.29 is 14.6 Å². The molecule has 0 unspecified atom stereocenters. The van der Waals surface area contributed by atoms with Gasteiger partial charge in [0.05, 0.1) is 13.2 Å². The molecule has 5 heteroatoms. The van der Waals surface area contributed by atoms with Crippen molar-refractivity contribution in [1.29, 1.82) is 0 Å². The first-order valence-corrected chi connectivity index (χ1v) is 7.01. The van der Waals surface area contributed by atoms with E-state index >= 15 is 0 Å². The first-order chi connectivity index (χ1) is 8.73. The average Bonchev–Trinajstić information content (AvgIpc) is 2.41. The monoisotopic (exact) mass is 256 g/mol. The second kappa shape index (κ2) is 6.50. The van der Waals surface area contributed by atoms with Crippen molar-refractivity contribution in [2.24, 2.45) is 0 Å². The molecule has 0 aromatic heterocycles. The third kappa shape index (κ3) is 3.43. The van der Waals surface area contributed by atoms with Gasteiger partial charge in [-0.05, 0) is 12.8 Å². The van der Waals surface area contributed by atoms with Gasteiger partial charge in [0.2, 0.25) is 0 Å². The number of morpholine rings is 1. The third-order valence-corrected chi connectivity index (χ3v) is 4.11. The summed E-state index contributed by atoms with van der Waals surface area (Å²) < 4.78 is 5.30. The van der Waals surface area contributed by atoms with Gasteiger partial charge in [0.25, 0.3) is 0 Å². The van der Waals surface area contributed by atoms with Crippen LogP contribution in [-0.2, 0) is 9.53 Å². The SMILES string of the molecule is O=C(O)C1(NCCN2CCOCC2)CCCCC1. The molecule has 1 saturated heterocycles. The van der Waals surface area contributed by atoms with Crippen LogP contribution >= 0.6 is 0 Å². The van der Waals surface area contributed by atoms with Crippen LogP contribution in [0.1, 0.15) is 32.1 Å². The molecule has 1 saturated carbocycles. The molecule has 5 nitrogen and oxygen atoms in total. The van der Waals surface area contributed by atoms with E-state index in [1.54, 1.807) is 0 Å². The lowest BCUT2D eigenvalue weighted by Crippen LogP contribution is -2.55. The van der Waals surface area contributed by atoms with Crippen LogP contribution in [0.5, 0.6) is 0 Å². The van der Waals surface area contributed by atoms with E-state index < -0.39 is 11.5 Å². The number of nitrogens with zero attached hydrogens (tertiary/aromatic N) is 1. The lowest BCUT2D eigenvalue weighted by atomic mass is 9.81. The summed E-state index contributed by atoms with van der Waals surface area (Å²) in [4.78, 5) is 13.8. The number of aliphatic carboxylic acids is 1. The zero-order chi connectivity index (χ0) is 12.8. The van der Waals surface area contributed by atoms with E-state index in [4.69, 9.17) is 4.74 Å². The molecule has 2 fully saturated rings. The Morgan fingerprint density at radius 3 is 2.50 bits per heavy atom. The van der Waals surface area contributed by atoms with Gasteiger partial charge < -0.3 is 15.2 Å². The second-order valence-corrected chi connectivity index (χ2v) is 5.33. The maximum absolute atomic E-state index is 11.5. The van der Waals surface area contributed by atoms with Gasteiger partial charge in [-0.1, -0.05) is 19.3 Å². The summed E-state index contributed by atoms with van der Waals surface area (Å²) in [6.07, 6.45) is 4.75. The first kappa shape index (κ1) is 13.8. The summed E-state index contributed by atoms with van der Waals surface area (Å²) in [6, 6.07) is 0. The van der Waals surface area contributed by atoms with E-state index in [-0.39, 0.29) is 0 Å². The van der Waals surface area contributed by atoms with Crippen LogP contribution in [0.25, 0.3) is 0 Å². The molecule has 0 spiro atoms. The van der Waals surface area contributed by atoms with Gasteiger partial charge in [0, 0.05) is 26.2 Å². The van der Waals surface area contributed by atoms with Crippen molar-refractivity contribution >= 4 is 5.97 Å². The molecule has 1 aliphatic carbocycles. The van der Waals surface area contributed by atoms with Gasteiger partial charge in [-0.2, -0.15) is 0 Å². The summed E-state index contributed by atoms with van der Waals surface area (Å²) in [7, 11) is 0. The van der Waals surface area contributed by atoms with Gasteiger partial charge in [0.1, 0.15) is 5.54 Å². The van der Waals surface area contributed by atoms with Crippen molar-refractivity contribution in [2.45, 2.75) is 37.6 Å². The highest BCUT2D eigenvalue weighted by Gasteiger charge is 2.38. The molecule has 104 valence electrons. The Morgan fingerprint density at radius 2 is 1.89 bits per heavy atom. The highest BCUT2D eigenvalue weighted by atomic mass is 16.5. The maximum Gasteiger partial charge on any atom is 0.323 e. The zero-order valence-corrected chi connectivity index (χ0v) is 11.0. The van der Waals surface area contributed by atoms with Crippen molar-refractivity contribution in [2.75, 3.05) is 39.4 Å². The fourth-order valence-electron chi connectivity index (χ4n) is 2.90. The summed E-state index contributed by atoms with van der Waals surface area (Å²) in [5, 5.41) is 12.7. The van der Waals surface area contributed by atoms with Gasteiger partial charge in [-0.3, -0.25) is 9.69 Å². The van der Waals surface area contributed by atoms with E-state index in [0.29, 0.717) is 0 Å². The quantitative estimate of drug-likeness (QED) is 0.758. The molecule has 0 aromatic rings. The Bertz CT molecular complexity index is 271. The average molecular weight is 256 g/mol. The van der Waals surface area contributed by atoms with Crippen LogP contribution in [0.3, 0.4) is 0 Å². The molecular weight excluding hydrogens is 232 g/mol. The van der Waals surface area contributed by atoms with Crippen LogP contribution in [0.4, 0.5) is 0 Å². The maximum atomic E-state index is 11.5. The summed E-state index contributed by atoms with van der Waals surface area (Å²) in [5.41, 5.74) is -0.662. The molecule has 1 heterocycles. The largest absolute Gasteiger partial charge is 0.480 e. The number of hydrogen-bond acceptors (Lipinski definition) is 4. The highest BCUT2D eigenvalue weighted by molar-refractivity contribution is 5.78. The minimum Gasteiger partial charge on any atom is -0.480 e. The second-order valence-electron chi connectivity index (χ2n) is 5.33. The molecular formula is C13H24N2O3. The van der Waals surface area contributed by atoms with E-state index in [2.05, 4.69) is 10.2 Å². The number of rotatable bonds is 5. The van der Waals surface area contributed by atoms with Gasteiger partial charge >= 0.3 is 5.97 Å². The molecule has 0 atom stereocenters. The molecule has 0 amide bonds. The van der Waals surface area contributed by atoms with E-state index in [0.717, 1.165) is 65.1 Å². The highest BCUT2D eigenvalue weighted by Crippen LogP contribution is 2.28. The molecule has 2 N–H and O–H groups in total. The fourth-order valence-corrected chi connectivity index (χ4v) is 2.90. The fraction of sp³-hybridized carbons (Fsp3) is 0.923. The smallest absolute Gasteiger partial charge is 0.323 e. The molecule has 0 bridgehead atoms. The topological polar surface area (TPSA) is 61.8 Å². The predicted octanol–water partition coefficient (Wildman–Crippen LogP) is 0.696. The molecule has 0 radical (unpaired) electrons. The van der Waals surface area contributed by atoms with Crippen molar-refractivity contribution in [3.05, 3.63) is 0 Å². The number of carbonyl (C=O) groups is 1. The number of hydrogen-bond donors (Lipinski definition) is 2. The van der Waals surface area contributed by atoms with Gasteiger partial charge in [-0.15, -0.1) is 0 Å². The van der Waals surface area contributed by atoms with E-state index in [1.165, 1.54) is 6.42 Å². The molecule has 0 aromatic carbocycles. The van der Waals surface area contributed by atoms with Crippen molar-refractivity contribution in [1.82, 2.24) is 10.2 Å². The van der Waals surface area contributed by atoms with Crippen LogP contribution in [0, 0.1) is 0 Å². The third-order valence-electron chi connectivity index (χ3n) is 4.11. The van der Waals surface area contributed by atoms with Crippen molar-refractivity contribution in [3.63, 3.8) is 0 Å². The molecule has 1 aliphatic heterocycles. The molecule has 2 aliphatic rings. The Kier molecular flexibility index (Phi) is 4.97. The normalized spacial score (nSPS) is 24.9. The number of nitrogens with one attached hydrogen (secondary N) is 1. The van der Waals surface area contributed by atoms with Crippen LogP contribution < -0.4 is 5.32 Å². The lowest BCUT2D eigenvalue weighted by molar-refractivity contribution is -0.146. The minimum atomic E-state index is -0.677. The summed E-state index contributed by atoms with van der Waals surface area (Å²) >= 11 is 0. The standard InChI is InChI=1S/C13H24N2O3/c16-12(17)13(4-2-1-3-5-13)14-6-7-15-8-10-18-11-9-15/h14H,1-11H2,(H,16,17). The van der Waals surface area contributed by atoms with Crippen LogP contribution in [0.2, 0.25) is 0 Å². The predicted molar refractivity (Wildman–Crippen MR) is 68.7 cm³/mol. The lowest BCUT2D eigenvalue weighted by Gasteiger charge is -2.35. The van der Waals surface area contributed by atoms with E-state index in [9.17, 15) is 9.90 Å². The Hall–Kier alpha value is -0.650. The van der Waals surface area contributed by atoms with Crippen molar-refractivity contribution in [3.8, 4) is 0 Å². The van der Waals surface area contributed by atoms with E-state index in [1.807, 2.05) is 0 Å². The van der Waals surface area contributed by atoms with Crippen LogP contribution in [0.15, 0.2) is 0 Å². The van der Waals surface area contributed by atoms with Gasteiger partial charge in [0.15, 0.2) is 0 Å². The van der Waals surface area contributed by atoms with Gasteiger partial charge in [-0.25, -0.2) is 0 Å². The molecule has 2 rings (SSSR count). The number of ether oxygens (including phenoxy) is 1. The first-order valence-electron chi connectivity index (χ1n) is 7.01. The molecule has 18 heavy (non-hydrogen) atoms. The summed E-state index contributed by atoms with van der Waals surface area (Å²) in [5.74, 6) is -0.677. The Balaban J connectivity index is 1.76. The minimum absolute atomic E-state index is 0.662. The Morgan fingerprint density at radius 1 is 1.22 bits per heavy atom. The number of carboxylic acids is 1. The number of carboxylic acid groups (broad SMARTS) is 1. The van der Waals surface area contributed by atoms with Crippen LogP contribution in [-0.4, -0.2) is 60.9 Å².